The molecule has 0 aromatic carbocycles. The molecule has 9 nitrogen and oxygen atoms in total. The van der Waals surface area contributed by atoms with Gasteiger partial charge in [-0.05, 0) is 68.8 Å². The molecule has 2 aromatic rings. The molecule has 1 N–H and O–H groups in total. The Kier molecular flexibility index (Phi) is 4.73. The van der Waals surface area contributed by atoms with Gasteiger partial charge in [0.15, 0.2) is 0 Å². The zero-order valence-corrected chi connectivity index (χ0v) is 18.6. The molecule has 2 aromatic heterocycles. The normalized spacial score (nSPS) is 30.8. The van der Waals surface area contributed by atoms with Crippen LogP contribution in [-0.4, -0.2) is 63.1 Å². The van der Waals surface area contributed by atoms with Crippen molar-refractivity contribution in [2.24, 2.45) is 23.7 Å². The van der Waals surface area contributed by atoms with Crippen LogP contribution in [-0.2, 0) is 4.74 Å². The second-order valence-corrected chi connectivity index (χ2v) is 10.0. The van der Waals surface area contributed by atoms with Gasteiger partial charge in [-0.1, -0.05) is 0 Å². The van der Waals surface area contributed by atoms with Gasteiger partial charge < -0.3 is 19.7 Å². The van der Waals surface area contributed by atoms with Crippen LogP contribution >= 0.6 is 0 Å². The Labute approximate surface area is 187 Å². The summed E-state index contributed by atoms with van der Waals surface area (Å²) >= 11 is 0. The molecule has 1 saturated heterocycles. The van der Waals surface area contributed by atoms with Crippen LogP contribution in [0.1, 0.15) is 37.8 Å². The second-order valence-electron chi connectivity index (χ2n) is 10.0. The molecule has 5 fully saturated rings. The fourth-order valence-corrected chi connectivity index (χ4v) is 6.47. The number of hydrogen-bond acceptors (Lipinski definition) is 7. The van der Waals surface area contributed by atoms with Crippen LogP contribution in [0, 0.1) is 30.6 Å². The van der Waals surface area contributed by atoms with E-state index >= 15 is 0 Å². The van der Waals surface area contributed by atoms with Crippen molar-refractivity contribution in [2.45, 2.75) is 51.2 Å². The lowest BCUT2D eigenvalue weighted by atomic mass is 9.54. The molecule has 32 heavy (non-hydrogen) atoms. The molecular formula is C23H30N6O3. The minimum absolute atomic E-state index is 0.106. The van der Waals surface area contributed by atoms with E-state index in [-0.39, 0.29) is 12.2 Å². The van der Waals surface area contributed by atoms with E-state index in [2.05, 4.69) is 15.4 Å². The summed E-state index contributed by atoms with van der Waals surface area (Å²) in [6, 6.07) is 4.30. The monoisotopic (exact) mass is 438 g/mol. The maximum atomic E-state index is 11.6. The number of likely N-dealkylation sites (tertiary alicyclic amines) is 1. The standard InChI is InChI=1S/C23H30N6O3/c1-13-3-4-29(27-13)22-25-19(10-20(26-22)32-18-11-28(12-18)23(30)31-2)24-21-16-6-14-5-15(8-16)9-17(21)7-14/h3-4,10,14-18,21H,5-9,11-12H2,1-2H3,(H,24,25,26). The molecule has 3 heterocycles. The van der Waals surface area contributed by atoms with E-state index in [0.717, 1.165) is 35.2 Å². The van der Waals surface area contributed by atoms with E-state index in [4.69, 9.17) is 14.5 Å². The molecule has 0 atom stereocenters. The van der Waals surface area contributed by atoms with Gasteiger partial charge >= 0.3 is 6.09 Å². The minimum Gasteiger partial charge on any atom is -0.470 e. The van der Waals surface area contributed by atoms with Crippen molar-refractivity contribution in [3.05, 3.63) is 24.0 Å². The molecule has 7 rings (SSSR count). The lowest BCUT2D eigenvalue weighted by Crippen LogP contribution is -2.56. The van der Waals surface area contributed by atoms with Crippen molar-refractivity contribution >= 4 is 11.9 Å². The summed E-state index contributed by atoms with van der Waals surface area (Å²) in [6.07, 6.45) is 8.24. The third-order valence-corrected chi connectivity index (χ3v) is 7.73. The van der Waals surface area contributed by atoms with Gasteiger partial charge in [-0.25, -0.2) is 9.48 Å². The van der Waals surface area contributed by atoms with Crippen LogP contribution in [0.4, 0.5) is 10.6 Å². The van der Waals surface area contributed by atoms with Crippen molar-refractivity contribution in [3.63, 3.8) is 0 Å². The number of amides is 1. The van der Waals surface area contributed by atoms with Crippen molar-refractivity contribution < 1.29 is 14.3 Å². The van der Waals surface area contributed by atoms with Gasteiger partial charge in [0.1, 0.15) is 11.9 Å². The molecule has 4 saturated carbocycles. The number of rotatable bonds is 5. The van der Waals surface area contributed by atoms with Gasteiger partial charge in [0.05, 0.1) is 25.9 Å². The number of carbonyl (C=O) groups excluding carboxylic acids is 1. The summed E-state index contributed by atoms with van der Waals surface area (Å²) in [5.74, 6) is 5.12. The summed E-state index contributed by atoms with van der Waals surface area (Å²) in [5, 5.41) is 8.25. The van der Waals surface area contributed by atoms with Gasteiger partial charge in [0.25, 0.3) is 5.95 Å². The Morgan fingerprint density at radius 2 is 1.81 bits per heavy atom. The first kappa shape index (κ1) is 19.8. The van der Waals surface area contributed by atoms with E-state index < -0.39 is 0 Å². The van der Waals surface area contributed by atoms with Gasteiger partial charge in [-0.3, -0.25) is 0 Å². The highest BCUT2D eigenvalue weighted by Gasteiger charge is 2.48. The Bertz CT molecular complexity index is 989. The average Bonchev–Trinajstić information content (AvgIpc) is 3.18. The van der Waals surface area contributed by atoms with Gasteiger partial charge in [-0.15, -0.1) is 0 Å². The summed E-state index contributed by atoms with van der Waals surface area (Å²) in [5.41, 5.74) is 0.906. The number of nitrogens with one attached hydrogen (secondary N) is 1. The second kappa shape index (κ2) is 7.64. The highest BCUT2D eigenvalue weighted by Crippen LogP contribution is 2.54. The lowest BCUT2D eigenvalue weighted by Gasteiger charge is -2.54. The Morgan fingerprint density at radius 3 is 2.44 bits per heavy atom. The van der Waals surface area contributed by atoms with Gasteiger partial charge in [-0.2, -0.15) is 15.1 Å². The van der Waals surface area contributed by atoms with Crippen LogP contribution in [0.3, 0.4) is 0 Å². The maximum absolute atomic E-state index is 11.6. The van der Waals surface area contributed by atoms with Crippen molar-refractivity contribution in [1.82, 2.24) is 24.6 Å². The molecule has 170 valence electrons. The average molecular weight is 439 g/mol. The highest BCUT2D eigenvalue weighted by atomic mass is 16.5. The predicted octanol–water partition coefficient (Wildman–Crippen LogP) is 3.04. The molecule has 4 aliphatic carbocycles. The number of aryl methyl sites for hydroxylation is 1. The first-order valence-corrected chi connectivity index (χ1v) is 11.7. The van der Waals surface area contributed by atoms with Crippen LogP contribution in [0.5, 0.6) is 5.88 Å². The number of ether oxygens (including phenoxy) is 2. The van der Waals surface area contributed by atoms with Gasteiger partial charge in [0.2, 0.25) is 5.88 Å². The van der Waals surface area contributed by atoms with Crippen LogP contribution < -0.4 is 10.1 Å². The number of methoxy groups -OCH3 is 1. The smallest absolute Gasteiger partial charge is 0.409 e. The van der Waals surface area contributed by atoms with E-state index in [1.807, 2.05) is 25.3 Å². The fourth-order valence-electron chi connectivity index (χ4n) is 6.47. The summed E-state index contributed by atoms with van der Waals surface area (Å²) in [7, 11) is 1.39. The molecule has 0 radical (unpaired) electrons. The van der Waals surface area contributed by atoms with Crippen LogP contribution in [0.15, 0.2) is 18.3 Å². The maximum Gasteiger partial charge on any atom is 0.409 e. The van der Waals surface area contributed by atoms with Crippen LogP contribution in [0.2, 0.25) is 0 Å². The summed E-state index contributed by atoms with van der Waals surface area (Å²) in [6.45, 7) is 2.93. The summed E-state index contributed by atoms with van der Waals surface area (Å²) in [4.78, 5) is 22.6. The first-order valence-electron chi connectivity index (χ1n) is 11.7. The molecule has 0 spiro atoms. The SMILES string of the molecule is COC(=O)N1CC(Oc2cc(NC3C4CC5CC(C4)CC3C5)nc(-n3ccc(C)n3)n2)C1. The molecule has 1 aliphatic heterocycles. The van der Waals surface area contributed by atoms with E-state index in [1.54, 1.807) is 9.58 Å². The van der Waals surface area contributed by atoms with E-state index in [9.17, 15) is 4.79 Å². The highest BCUT2D eigenvalue weighted by molar-refractivity contribution is 5.68. The zero-order chi connectivity index (χ0) is 21.8. The molecule has 5 aliphatic rings. The lowest BCUT2D eigenvalue weighted by molar-refractivity contribution is 0.00730. The van der Waals surface area contributed by atoms with Crippen molar-refractivity contribution in [2.75, 3.05) is 25.5 Å². The van der Waals surface area contributed by atoms with Crippen molar-refractivity contribution in [3.8, 4) is 11.8 Å². The summed E-state index contributed by atoms with van der Waals surface area (Å²) < 4.78 is 12.6. The van der Waals surface area contributed by atoms with E-state index in [1.165, 1.54) is 39.2 Å². The van der Waals surface area contributed by atoms with Gasteiger partial charge in [0, 0.05) is 18.3 Å². The number of hydrogen-bond donors (Lipinski definition) is 1. The fraction of sp³-hybridized carbons (Fsp3) is 0.652. The number of anilines is 1. The molecule has 0 unspecified atom stereocenters. The molecule has 1 amide bonds. The molecule has 9 heteroatoms. The third-order valence-electron chi connectivity index (χ3n) is 7.73. The predicted molar refractivity (Wildman–Crippen MR) is 117 cm³/mol. The minimum atomic E-state index is -0.329. The van der Waals surface area contributed by atoms with E-state index in [0.29, 0.717) is 31.0 Å². The molecule has 4 bridgehead atoms. The zero-order valence-electron chi connectivity index (χ0n) is 18.6. The number of aromatic nitrogens is 4. The third kappa shape index (κ3) is 3.57. The Balaban J connectivity index is 1.23. The largest absolute Gasteiger partial charge is 0.470 e. The Hall–Kier alpha value is -2.84. The first-order chi connectivity index (χ1) is 15.5. The number of nitrogens with zero attached hydrogens (tertiary/aromatic N) is 5. The van der Waals surface area contributed by atoms with Crippen molar-refractivity contribution in [1.29, 1.82) is 0 Å². The van der Waals surface area contributed by atoms with Crippen LogP contribution in [0.25, 0.3) is 5.95 Å². The Morgan fingerprint density at radius 1 is 1.09 bits per heavy atom. The number of carbonyl (C=O) groups is 1. The topological polar surface area (TPSA) is 94.4 Å². The molecular weight excluding hydrogens is 408 g/mol. The quantitative estimate of drug-likeness (QED) is 0.767.